The van der Waals surface area contributed by atoms with Crippen LogP contribution in [0.15, 0.2) is 12.3 Å². The number of alkyl halides is 2. The molecule has 1 heterocycles. The normalized spacial score (nSPS) is 24.7. The number of nitrogens with zero attached hydrogens (tertiary/aromatic N) is 3. The first-order valence-electron chi connectivity index (χ1n) is 4.94. The van der Waals surface area contributed by atoms with Gasteiger partial charge >= 0.3 is 0 Å². The third-order valence-corrected chi connectivity index (χ3v) is 2.74. The lowest BCUT2D eigenvalue weighted by atomic mass is 9.92. The minimum Gasteiger partial charge on any atom is -0.252 e. The van der Waals surface area contributed by atoms with Gasteiger partial charge in [0, 0.05) is 12.8 Å². The summed E-state index contributed by atoms with van der Waals surface area (Å²) in [4.78, 5) is 0. The Kier molecular flexibility index (Phi) is 2.43. The Morgan fingerprint density at radius 3 is 3.07 bits per heavy atom. The van der Waals surface area contributed by atoms with Crippen LogP contribution >= 0.6 is 0 Å². The van der Waals surface area contributed by atoms with Gasteiger partial charge < -0.3 is 0 Å². The Balaban J connectivity index is 2.21. The van der Waals surface area contributed by atoms with Crippen molar-refractivity contribution in [1.82, 2.24) is 9.78 Å². The molecule has 80 valence electrons. The average Bonchev–Trinajstić information content (AvgIpc) is 2.63. The minimum atomic E-state index is -2.61. The van der Waals surface area contributed by atoms with Gasteiger partial charge in [-0.25, -0.2) is 8.78 Å². The van der Waals surface area contributed by atoms with Crippen molar-refractivity contribution in [3.63, 3.8) is 0 Å². The van der Waals surface area contributed by atoms with E-state index >= 15 is 0 Å². The zero-order valence-electron chi connectivity index (χ0n) is 8.16. The molecule has 0 N–H and O–H groups in total. The summed E-state index contributed by atoms with van der Waals surface area (Å²) in [7, 11) is 0. The average molecular weight is 211 g/mol. The molecule has 3 nitrogen and oxygen atoms in total. The lowest BCUT2D eigenvalue weighted by Gasteiger charge is -2.29. The largest absolute Gasteiger partial charge is 0.252 e. The van der Waals surface area contributed by atoms with Gasteiger partial charge in [-0.15, -0.1) is 0 Å². The number of nitriles is 1. The van der Waals surface area contributed by atoms with Crippen molar-refractivity contribution in [3.05, 3.63) is 18.0 Å². The van der Waals surface area contributed by atoms with Crippen molar-refractivity contribution < 1.29 is 8.78 Å². The predicted octanol–water partition coefficient (Wildman–Crippen LogP) is 2.51. The van der Waals surface area contributed by atoms with Gasteiger partial charge in [0.2, 0.25) is 5.92 Å². The molecule has 2 rings (SSSR count). The summed E-state index contributed by atoms with van der Waals surface area (Å²) in [5.74, 6) is -2.61. The predicted molar refractivity (Wildman–Crippen MR) is 49.4 cm³/mol. The quantitative estimate of drug-likeness (QED) is 0.716. The highest BCUT2D eigenvalue weighted by Gasteiger charge is 2.37. The van der Waals surface area contributed by atoms with Crippen LogP contribution < -0.4 is 0 Å². The molecule has 1 aromatic rings. The van der Waals surface area contributed by atoms with E-state index in [9.17, 15) is 8.78 Å². The molecule has 1 saturated carbocycles. The molecule has 1 aliphatic rings. The molecule has 15 heavy (non-hydrogen) atoms. The van der Waals surface area contributed by atoms with Gasteiger partial charge in [0.1, 0.15) is 11.8 Å². The van der Waals surface area contributed by atoms with Crippen LogP contribution in [-0.2, 0) is 0 Å². The molecular weight excluding hydrogens is 200 g/mol. The Bertz CT molecular complexity index is 392. The van der Waals surface area contributed by atoms with E-state index in [2.05, 4.69) is 5.10 Å². The second-order valence-electron chi connectivity index (χ2n) is 3.88. The van der Waals surface area contributed by atoms with E-state index in [0.717, 1.165) is 0 Å². The van der Waals surface area contributed by atoms with Crippen LogP contribution in [0.25, 0.3) is 0 Å². The molecule has 0 bridgehead atoms. The lowest BCUT2D eigenvalue weighted by molar-refractivity contribution is -0.0513. The molecule has 5 heteroatoms. The topological polar surface area (TPSA) is 41.6 Å². The molecule has 1 aliphatic carbocycles. The van der Waals surface area contributed by atoms with E-state index in [1.54, 1.807) is 6.07 Å². The van der Waals surface area contributed by atoms with Crippen LogP contribution in [0.2, 0.25) is 0 Å². The first-order chi connectivity index (χ1) is 7.12. The van der Waals surface area contributed by atoms with Crippen molar-refractivity contribution in [3.8, 4) is 6.07 Å². The summed E-state index contributed by atoms with van der Waals surface area (Å²) in [6.07, 6.45) is 2.38. The van der Waals surface area contributed by atoms with E-state index < -0.39 is 5.92 Å². The van der Waals surface area contributed by atoms with E-state index in [1.807, 2.05) is 6.07 Å². The van der Waals surface area contributed by atoms with E-state index in [1.165, 1.54) is 10.9 Å². The van der Waals surface area contributed by atoms with Crippen LogP contribution in [0, 0.1) is 11.3 Å². The summed E-state index contributed by atoms with van der Waals surface area (Å²) in [6, 6.07) is 3.17. The van der Waals surface area contributed by atoms with Crippen LogP contribution in [0.4, 0.5) is 8.78 Å². The van der Waals surface area contributed by atoms with Crippen LogP contribution in [0.3, 0.4) is 0 Å². The maximum atomic E-state index is 13.2. The van der Waals surface area contributed by atoms with Crippen molar-refractivity contribution >= 4 is 0 Å². The minimum absolute atomic E-state index is 0.0490. The summed E-state index contributed by atoms with van der Waals surface area (Å²) >= 11 is 0. The lowest BCUT2D eigenvalue weighted by Crippen LogP contribution is -2.28. The number of aromatic nitrogens is 2. The fourth-order valence-electron chi connectivity index (χ4n) is 2.05. The van der Waals surface area contributed by atoms with Gasteiger partial charge in [-0.2, -0.15) is 10.4 Å². The number of hydrogen-bond acceptors (Lipinski definition) is 2. The van der Waals surface area contributed by atoms with Gasteiger partial charge in [0.05, 0.1) is 12.2 Å². The highest BCUT2D eigenvalue weighted by atomic mass is 19.3. The number of rotatable bonds is 1. The zero-order valence-corrected chi connectivity index (χ0v) is 8.16. The van der Waals surface area contributed by atoms with E-state index in [-0.39, 0.29) is 18.9 Å². The third kappa shape index (κ3) is 1.99. The second-order valence-corrected chi connectivity index (χ2v) is 3.88. The molecule has 0 spiro atoms. The summed E-state index contributed by atoms with van der Waals surface area (Å²) < 4.78 is 27.7. The highest BCUT2D eigenvalue weighted by Crippen LogP contribution is 2.39. The maximum Gasteiger partial charge on any atom is 0.250 e. The summed E-state index contributed by atoms with van der Waals surface area (Å²) in [6.45, 7) is 0. The van der Waals surface area contributed by atoms with Crippen molar-refractivity contribution in [2.24, 2.45) is 0 Å². The Morgan fingerprint density at radius 1 is 1.60 bits per heavy atom. The van der Waals surface area contributed by atoms with Gasteiger partial charge in [0.25, 0.3) is 0 Å². The highest BCUT2D eigenvalue weighted by molar-refractivity contribution is 5.19. The monoisotopic (exact) mass is 211 g/mol. The van der Waals surface area contributed by atoms with Crippen molar-refractivity contribution in [2.75, 3.05) is 0 Å². The van der Waals surface area contributed by atoms with Gasteiger partial charge in [-0.3, -0.25) is 4.68 Å². The molecule has 0 aromatic carbocycles. The summed E-state index contributed by atoms with van der Waals surface area (Å²) in [5.41, 5.74) is 0.359. The van der Waals surface area contributed by atoms with Gasteiger partial charge in [0.15, 0.2) is 0 Å². The molecule has 0 radical (unpaired) electrons. The van der Waals surface area contributed by atoms with Gasteiger partial charge in [-0.1, -0.05) is 0 Å². The van der Waals surface area contributed by atoms with Crippen LogP contribution in [-0.4, -0.2) is 15.7 Å². The van der Waals surface area contributed by atoms with Crippen molar-refractivity contribution in [1.29, 1.82) is 5.26 Å². The molecule has 0 aliphatic heterocycles. The van der Waals surface area contributed by atoms with E-state index in [0.29, 0.717) is 18.5 Å². The summed E-state index contributed by atoms with van der Waals surface area (Å²) in [5, 5.41) is 12.7. The molecular formula is C10H11F2N3. The number of halogens is 2. The Hall–Kier alpha value is -1.44. The van der Waals surface area contributed by atoms with Crippen LogP contribution in [0.5, 0.6) is 0 Å². The Morgan fingerprint density at radius 2 is 2.40 bits per heavy atom. The first kappa shape index (κ1) is 10.1. The molecule has 1 fully saturated rings. The second kappa shape index (κ2) is 3.61. The molecule has 1 atom stereocenters. The van der Waals surface area contributed by atoms with Gasteiger partial charge in [-0.05, 0) is 18.9 Å². The number of hydrogen-bond donors (Lipinski definition) is 0. The molecule has 1 aromatic heterocycles. The standard InChI is InChI=1S/C10H11F2N3/c11-10(12)4-1-2-8(6-10)15-9(7-13)3-5-14-15/h3,5,8H,1-2,4,6H2. The molecule has 1 unspecified atom stereocenters. The zero-order chi connectivity index (χ0) is 10.9. The van der Waals surface area contributed by atoms with Crippen LogP contribution in [0.1, 0.15) is 37.4 Å². The smallest absolute Gasteiger partial charge is 0.250 e. The molecule has 0 saturated heterocycles. The first-order valence-corrected chi connectivity index (χ1v) is 4.94. The maximum absolute atomic E-state index is 13.2. The fraction of sp³-hybridized carbons (Fsp3) is 0.600. The third-order valence-electron chi connectivity index (χ3n) is 2.74. The van der Waals surface area contributed by atoms with E-state index in [4.69, 9.17) is 5.26 Å². The Labute approximate surface area is 86.3 Å². The molecule has 0 amide bonds. The fourth-order valence-corrected chi connectivity index (χ4v) is 2.05. The van der Waals surface area contributed by atoms with Crippen molar-refractivity contribution in [2.45, 2.75) is 37.6 Å². The SMILES string of the molecule is N#Cc1ccnn1C1CCCC(F)(F)C1.